The Morgan fingerprint density at radius 2 is 1.92 bits per heavy atom. The van der Waals surface area contributed by atoms with E-state index in [0.29, 0.717) is 43.1 Å². The lowest BCUT2D eigenvalue weighted by Crippen LogP contribution is -2.56. The highest BCUT2D eigenvalue weighted by Crippen LogP contribution is 2.26. The summed E-state index contributed by atoms with van der Waals surface area (Å²) in [4.78, 5) is 34.2. The van der Waals surface area contributed by atoms with Crippen LogP contribution in [0.5, 0.6) is 0 Å². The number of carbonyl (C=O) groups is 2. The molecule has 0 spiro atoms. The van der Waals surface area contributed by atoms with Gasteiger partial charge in [0.25, 0.3) is 5.91 Å². The minimum Gasteiger partial charge on any atom is -0.390 e. The van der Waals surface area contributed by atoms with Crippen molar-refractivity contribution in [2.75, 3.05) is 19.6 Å². The van der Waals surface area contributed by atoms with Gasteiger partial charge in [0.05, 0.1) is 23.9 Å². The number of hydrogen-bond donors (Lipinski definition) is 1. The van der Waals surface area contributed by atoms with Gasteiger partial charge in [-0.3, -0.25) is 9.59 Å². The van der Waals surface area contributed by atoms with E-state index in [1.165, 1.54) is 12.1 Å². The number of amides is 2. The van der Waals surface area contributed by atoms with Gasteiger partial charge in [-0.2, -0.15) is 5.10 Å². The van der Waals surface area contributed by atoms with Crippen molar-refractivity contribution in [3.8, 4) is 11.3 Å². The zero-order chi connectivity index (χ0) is 26.2. The van der Waals surface area contributed by atoms with Gasteiger partial charge in [0.2, 0.25) is 5.91 Å². The van der Waals surface area contributed by atoms with Crippen LogP contribution in [0.4, 0.5) is 4.39 Å². The highest BCUT2D eigenvalue weighted by Gasteiger charge is 2.34. The van der Waals surface area contributed by atoms with Crippen LogP contribution in [0.15, 0.2) is 36.5 Å². The molecule has 0 saturated carbocycles. The average molecular weight is 496 g/mol. The molecule has 1 saturated heterocycles. The molecule has 1 aliphatic heterocycles. The topological polar surface area (TPSA) is 91.0 Å². The van der Waals surface area contributed by atoms with E-state index in [0.717, 1.165) is 11.1 Å². The number of nitrogens with zero attached hydrogens (tertiary/aromatic N) is 5. The van der Waals surface area contributed by atoms with E-state index in [1.54, 1.807) is 39.6 Å². The molecular weight excluding hydrogens is 461 g/mol. The van der Waals surface area contributed by atoms with Crippen LogP contribution in [0.3, 0.4) is 0 Å². The van der Waals surface area contributed by atoms with Crippen LogP contribution in [0.2, 0.25) is 0 Å². The standard InChI is InChI=1S/C27H34FN5O3/c1-6-27(5,36)14-24(34)32-12-11-31(15-18(32)4)26(35)23-16-33-25(29-23)21(17(2)3)13-22(30-33)19-7-9-20(28)10-8-19/h7-10,13,16-18,36H,6,11-12,14-15H2,1-5H3/t18-,27?/m0/s1. The van der Waals surface area contributed by atoms with Crippen molar-refractivity contribution in [2.24, 2.45) is 0 Å². The maximum Gasteiger partial charge on any atom is 0.274 e. The molecule has 2 aromatic heterocycles. The molecule has 1 aromatic carbocycles. The van der Waals surface area contributed by atoms with Gasteiger partial charge in [0, 0.05) is 36.8 Å². The predicted octanol–water partition coefficient (Wildman–Crippen LogP) is 3.88. The Balaban J connectivity index is 1.56. The number of imidazole rings is 1. The van der Waals surface area contributed by atoms with Crippen molar-refractivity contribution >= 4 is 17.5 Å². The van der Waals surface area contributed by atoms with Gasteiger partial charge < -0.3 is 14.9 Å². The third-order valence-electron chi connectivity index (χ3n) is 6.96. The number of aromatic nitrogens is 3. The van der Waals surface area contributed by atoms with Gasteiger partial charge in [-0.05, 0) is 56.5 Å². The molecule has 2 amide bonds. The Hall–Kier alpha value is -3.33. The number of fused-ring (bicyclic) bond motifs is 1. The predicted molar refractivity (Wildman–Crippen MR) is 135 cm³/mol. The van der Waals surface area contributed by atoms with Crippen LogP contribution in [-0.4, -0.2) is 72.6 Å². The average Bonchev–Trinajstić information content (AvgIpc) is 3.27. The van der Waals surface area contributed by atoms with Gasteiger partial charge >= 0.3 is 0 Å². The van der Waals surface area contributed by atoms with E-state index in [-0.39, 0.29) is 36.0 Å². The van der Waals surface area contributed by atoms with Crippen LogP contribution in [0.1, 0.15) is 69.4 Å². The zero-order valence-corrected chi connectivity index (χ0v) is 21.5. The normalized spacial score (nSPS) is 18.1. The van der Waals surface area contributed by atoms with Crippen molar-refractivity contribution in [3.63, 3.8) is 0 Å². The molecule has 3 heterocycles. The SMILES string of the molecule is CCC(C)(O)CC(=O)N1CCN(C(=O)c2cn3nc(-c4ccc(F)cc4)cc(C(C)C)c3n2)C[C@@H]1C. The molecule has 1 unspecified atom stereocenters. The summed E-state index contributed by atoms with van der Waals surface area (Å²) in [5.74, 6) is -0.493. The number of piperazine rings is 1. The molecule has 9 heteroatoms. The van der Waals surface area contributed by atoms with Gasteiger partial charge in [0.15, 0.2) is 5.65 Å². The molecule has 0 radical (unpaired) electrons. The number of halogens is 1. The lowest BCUT2D eigenvalue weighted by Gasteiger charge is -2.40. The Kier molecular flexibility index (Phi) is 7.13. The fourth-order valence-electron chi connectivity index (χ4n) is 4.52. The van der Waals surface area contributed by atoms with Crippen LogP contribution in [-0.2, 0) is 4.79 Å². The van der Waals surface area contributed by atoms with E-state index < -0.39 is 5.60 Å². The molecule has 1 fully saturated rings. The Morgan fingerprint density at radius 3 is 2.53 bits per heavy atom. The molecule has 8 nitrogen and oxygen atoms in total. The highest BCUT2D eigenvalue weighted by molar-refractivity contribution is 5.93. The van der Waals surface area contributed by atoms with Gasteiger partial charge in [-0.25, -0.2) is 13.9 Å². The summed E-state index contributed by atoms with van der Waals surface area (Å²) in [6.45, 7) is 10.7. The minimum absolute atomic E-state index is 0.0637. The Labute approximate surface area is 210 Å². The lowest BCUT2D eigenvalue weighted by molar-refractivity contribution is -0.140. The van der Waals surface area contributed by atoms with Crippen LogP contribution in [0.25, 0.3) is 16.9 Å². The van der Waals surface area contributed by atoms with Crippen LogP contribution >= 0.6 is 0 Å². The number of aliphatic hydroxyl groups is 1. The maximum absolute atomic E-state index is 13.4. The van der Waals surface area contributed by atoms with Crippen molar-refractivity contribution in [1.29, 1.82) is 0 Å². The van der Waals surface area contributed by atoms with E-state index in [1.807, 2.05) is 33.8 Å². The first kappa shape index (κ1) is 25.8. The van der Waals surface area contributed by atoms with E-state index in [2.05, 4.69) is 10.1 Å². The zero-order valence-electron chi connectivity index (χ0n) is 21.5. The largest absolute Gasteiger partial charge is 0.390 e. The second-order valence-electron chi connectivity index (χ2n) is 10.3. The first-order chi connectivity index (χ1) is 17.0. The molecule has 36 heavy (non-hydrogen) atoms. The summed E-state index contributed by atoms with van der Waals surface area (Å²) >= 11 is 0. The summed E-state index contributed by atoms with van der Waals surface area (Å²) < 4.78 is 15.0. The molecule has 3 aromatic rings. The molecule has 4 rings (SSSR count). The molecular formula is C27H34FN5O3. The van der Waals surface area contributed by atoms with Crippen molar-refractivity contribution in [3.05, 3.63) is 53.6 Å². The summed E-state index contributed by atoms with van der Waals surface area (Å²) in [5, 5.41) is 14.9. The van der Waals surface area contributed by atoms with Gasteiger partial charge in [0.1, 0.15) is 11.5 Å². The fraction of sp³-hybridized carbons (Fsp3) is 0.481. The highest BCUT2D eigenvalue weighted by atomic mass is 19.1. The Morgan fingerprint density at radius 1 is 1.22 bits per heavy atom. The number of carbonyl (C=O) groups excluding carboxylic acids is 2. The third kappa shape index (κ3) is 5.26. The lowest BCUT2D eigenvalue weighted by atomic mass is 9.97. The monoisotopic (exact) mass is 495 g/mol. The van der Waals surface area contributed by atoms with E-state index in [9.17, 15) is 19.1 Å². The van der Waals surface area contributed by atoms with Crippen LogP contribution < -0.4 is 0 Å². The second kappa shape index (κ2) is 9.97. The number of benzene rings is 1. The first-order valence-electron chi connectivity index (χ1n) is 12.5. The fourth-order valence-corrected chi connectivity index (χ4v) is 4.52. The van der Waals surface area contributed by atoms with Crippen molar-refractivity contribution in [1.82, 2.24) is 24.4 Å². The summed E-state index contributed by atoms with van der Waals surface area (Å²) in [6.07, 6.45) is 2.19. The first-order valence-corrected chi connectivity index (χ1v) is 12.5. The van der Waals surface area contributed by atoms with Gasteiger partial charge in [-0.1, -0.05) is 20.8 Å². The Bertz CT molecular complexity index is 1270. The number of rotatable bonds is 6. The van der Waals surface area contributed by atoms with E-state index in [4.69, 9.17) is 0 Å². The minimum atomic E-state index is -1.03. The molecule has 0 aliphatic carbocycles. The summed E-state index contributed by atoms with van der Waals surface area (Å²) in [7, 11) is 0. The smallest absolute Gasteiger partial charge is 0.274 e. The molecule has 1 aliphatic rings. The van der Waals surface area contributed by atoms with Crippen molar-refractivity contribution < 1.29 is 19.1 Å². The number of hydrogen-bond acceptors (Lipinski definition) is 5. The molecule has 0 bridgehead atoms. The quantitative estimate of drug-likeness (QED) is 0.560. The molecule has 192 valence electrons. The van der Waals surface area contributed by atoms with Crippen molar-refractivity contribution in [2.45, 2.75) is 65.0 Å². The molecule has 1 N–H and O–H groups in total. The third-order valence-corrected chi connectivity index (χ3v) is 6.96. The van der Waals surface area contributed by atoms with E-state index >= 15 is 0 Å². The molecule has 2 atom stereocenters. The second-order valence-corrected chi connectivity index (χ2v) is 10.3. The van der Waals surface area contributed by atoms with Gasteiger partial charge in [-0.15, -0.1) is 0 Å². The van der Waals surface area contributed by atoms with Crippen LogP contribution in [0, 0.1) is 5.82 Å². The maximum atomic E-state index is 13.4. The summed E-state index contributed by atoms with van der Waals surface area (Å²) in [5.41, 5.74) is 2.26. The summed E-state index contributed by atoms with van der Waals surface area (Å²) in [6, 6.07) is 7.92.